The molecule has 0 saturated heterocycles. The number of hydrogen-bond acceptors (Lipinski definition) is 3. The second kappa shape index (κ2) is 5.45. The first-order valence-electron chi connectivity index (χ1n) is 5.92. The number of nitrogen functional groups attached to an aromatic ring is 1. The lowest BCUT2D eigenvalue weighted by Gasteiger charge is -2.11. The van der Waals surface area contributed by atoms with E-state index < -0.39 is 0 Å². The highest BCUT2D eigenvalue weighted by molar-refractivity contribution is 5.53. The lowest BCUT2D eigenvalue weighted by Crippen LogP contribution is -2.03. The maximum atomic E-state index is 5.90. The monoisotopic (exact) mass is 242 g/mol. The lowest BCUT2D eigenvalue weighted by atomic mass is 10.1. The minimum absolute atomic E-state index is 0.721. The zero-order valence-corrected chi connectivity index (χ0v) is 10.7. The van der Waals surface area contributed by atoms with Crippen LogP contribution in [-0.2, 0) is 6.54 Å². The third-order valence-electron chi connectivity index (χ3n) is 2.93. The molecule has 0 spiro atoms. The number of nitrogens with two attached hydrogens (primary N) is 1. The van der Waals surface area contributed by atoms with Crippen molar-refractivity contribution in [2.24, 2.45) is 0 Å². The molecular formula is C15H18N2O. The van der Waals surface area contributed by atoms with E-state index in [-0.39, 0.29) is 0 Å². The molecule has 2 aromatic carbocycles. The van der Waals surface area contributed by atoms with Gasteiger partial charge in [-0.15, -0.1) is 0 Å². The molecular weight excluding hydrogens is 224 g/mol. The minimum atomic E-state index is 0.721. The van der Waals surface area contributed by atoms with E-state index in [9.17, 15) is 0 Å². The highest BCUT2D eigenvalue weighted by Crippen LogP contribution is 2.22. The van der Waals surface area contributed by atoms with Crippen LogP contribution in [0.3, 0.4) is 0 Å². The summed E-state index contributed by atoms with van der Waals surface area (Å²) < 4.78 is 5.23. The van der Waals surface area contributed by atoms with E-state index in [2.05, 4.69) is 11.4 Å². The van der Waals surface area contributed by atoms with Crippen molar-refractivity contribution in [3.63, 3.8) is 0 Å². The SMILES string of the molecule is COc1ccc(NCc2ccccc2N)cc1C. The Kier molecular flexibility index (Phi) is 3.72. The number of nitrogens with one attached hydrogen (secondary N) is 1. The van der Waals surface area contributed by atoms with Crippen LogP contribution in [0.15, 0.2) is 42.5 Å². The molecule has 0 aromatic heterocycles. The Hall–Kier alpha value is -2.16. The number of hydrogen-bond donors (Lipinski definition) is 2. The van der Waals surface area contributed by atoms with Crippen LogP contribution in [0.1, 0.15) is 11.1 Å². The number of benzene rings is 2. The Balaban J connectivity index is 2.07. The molecule has 2 aromatic rings. The van der Waals surface area contributed by atoms with Crippen LogP contribution in [0.25, 0.3) is 0 Å². The molecule has 0 aliphatic heterocycles. The van der Waals surface area contributed by atoms with Gasteiger partial charge in [0.1, 0.15) is 5.75 Å². The fourth-order valence-electron chi connectivity index (χ4n) is 1.88. The molecule has 3 heteroatoms. The second-order valence-corrected chi connectivity index (χ2v) is 4.24. The molecule has 0 amide bonds. The van der Waals surface area contributed by atoms with Gasteiger partial charge in [0, 0.05) is 17.9 Å². The van der Waals surface area contributed by atoms with Gasteiger partial charge >= 0.3 is 0 Å². The van der Waals surface area contributed by atoms with Gasteiger partial charge < -0.3 is 15.8 Å². The maximum Gasteiger partial charge on any atom is 0.121 e. The smallest absolute Gasteiger partial charge is 0.121 e. The van der Waals surface area contributed by atoms with Crippen molar-refractivity contribution in [2.75, 3.05) is 18.2 Å². The van der Waals surface area contributed by atoms with E-state index in [4.69, 9.17) is 10.5 Å². The third-order valence-corrected chi connectivity index (χ3v) is 2.93. The van der Waals surface area contributed by atoms with E-state index in [0.29, 0.717) is 0 Å². The molecule has 0 aliphatic carbocycles. The van der Waals surface area contributed by atoms with Gasteiger partial charge in [-0.2, -0.15) is 0 Å². The molecule has 2 rings (SSSR count). The van der Waals surface area contributed by atoms with Crippen molar-refractivity contribution < 1.29 is 4.74 Å². The van der Waals surface area contributed by atoms with Gasteiger partial charge in [0.05, 0.1) is 7.11 Å². The number of ether oxygens (including phenoxy) is 1. The Morgan fingerprint density at radius 3 is 2.61 bits per heavy atom. The fraction of sp³-hybridized carbons (Fsp3) is 0.200. The molecule has 0 atom stereocenters. The van der Waals surface area contributed by atoms with Crippen molar-refractivity contribution in [2.45, 2.75) is 13.5 Å². The maximum absolute atomic E-state index is 5.90. The van der Waals surface area contributed by atoms with Gasteiger partial charge in [0.25, 0.3) is 0 Å². The second-order valence-electron chi connectivity index (χ2n) is 4.24. The summed E-state index contributed by atoms with van der Waals surface area (Å²) in [4.78, 5) is 0. The van der Waals surface area contributed by atoms with Crippen molar-refractivity contribution in [1.82, 2.24) is 0 Å². The molecule has 3 nitrogen and oxygen atoms in total. The summed E-state index contributed by atoms with van der Waals surface area (Å²) in [6.07, 6.45) is 0. The van der Waals surface area contributed by atoms with Crippen LogP contribution in [0, 0.1) is 6.92 Å². The first-order chi connectivity index (χ1) is 8.70. The largest absolute Gasteiger partial charge is 0.496 e. The number of rotatable bonds is 4. The van der Waals surface area contributed by atoms with Crippen molar-refractivity contribution >= 4 is 11.4 Å². The van der Waals surface area contributed by atoms with Crippen molar-refractivity contribution in [3.8, 4) is 5.75 Å². The van der Waals surface area contributed by atoms with E-state index in [1.54, 1.807) is 7.11 Å². The molecule has 0 aliphatic rings. The van der Waals surface area contributed by atoms with Crippen LogP contribution in [-0.4, -0.2) is 7.11 Å². The zero-order valence-electron chi connectivity index (χ0n) is 10.7. The van der Waals surface area contributed by atoms with E-state index in [1.807, 2.05) is 43.3 Å². The standard InChI is InChI=1S/C15H18N2O/c1-11-9-13(7-8-15(11)18-2)17-10-12-5-3-4-6-14(12)16/h3-9,17H,10,16H2,1-2H3. The van der Waals surface area contributed by atoms with E-state index in [0.717, 1.165) is 34.8 Å². The lowest BCUT2D eigenvalue weighted by molar-refractivity contribution is 0.412. The van der Waals surface area contributed by atoms with Crippen molar-refractivity contribution in [3.05, 3.63) is 53.6 Å². The Bertz CT molecular complexity index is 538. The van der Waals surface area contributed by atoms with Crippen LogP contribution in [0.2, 0.25) is 0 Å². The predicted octanol–water partition coefficient (Wildman–Crippen LogP) is 3.20. The number of aryl methyl sites for hydroxylation is 1. The third kappa shape index (κ3) is 2.74. The summed E-state index contributed by atoms with van der Waals surface area (Å²) in [6, 6.07) is 13.9. The average Bonchev–Trinajstić information content (AvgIpc) is 2.38. The average molecular weight is 242 g/mol. The number of para-hydroxylation sites is 1. The number of anilines is 2. The molecule has 0 unspecified atom stereocenters. The van der Waals surface area contributed by atoms with Gasteiger partial charge in [-0.1, -0.05) is 18.2 Å². The Morgan fingerprint density at radius 2 is 1.94 bits per heavy atom. The van der Waals surface area contributed by atoms with Gasteiger partial charge in [-0.25, -0.2) is 0 Å². The summed E-state index contributed by atoms with van der Waals surface area (Å²) in [5.41, 5.74) is 10.00. The van der Waals surface area contributed by atoms with Gasteiger partial charge in [-0.05, 0) is 42.3 Å². The zero-order chi connectivity index (χ0) is 13.0. The van der Waals surface area contributed by atoms with Crippen LogP contribution >= 0.6 is 0 Å². The van der Waals surface area contributed by atoms with Gasteiger partial charge in [0.15, 0.2) is 0 Å². The molecule has 3 N–H and O–H groups in total. The molecule has 0 saturated carbocycles. The minimum Gasteiger partial charge on any atom is -0.496 e. The summed E-state index contributed by atoms with van der Waals surface area (Å²) >= 11 is 0. The highest BCUT2D eigenvalue weighted by Gasteiger charge is 2.01. The molecule has 0 radical (unpaired) electrons. The molecule has 0 heterocycles. The molecule has 18 heavy (non-hydrogen) atoms. The summed E-state index contributed by atoms with van der Waals surface area (Å²) in [7, 11) is 1.68. The van der Waals surface area contributed by atoms with Gasteiger partial charge in [0.2, 0.25) is 0 Å². The van der Waals surface area contributed by atoms with E-state index >= 15 is 0 Å². The Labute approximate surface area is 108 Å². The molecule has 0 bridgehead atoms. The van der Waals surface area contributed by atoms with Crippen LogP contribution in [0.5, 0.6) is 5.75 Å². The molecule has 94 valence electrons. The highest BCUT2D eigenvalue weighted by atomic mass is 16.5. The normalized spacial score (nSPS) is 10.1. The predicted molar refractivity (Wildman–Crippen MR) is 75.9 cm³/mol. The van der Waals surface area contributed by atoms with Crippen LogP contribution in [0.4, 0.5) is 11.4 Å². The first kappa shape index (κ1) is 12.3. The number of methoxy groups -OCH3 is 1. The van der Waals surface area contributed by atoms with Crippen molar-refractivity contribution in [1.29, 1.82) is 0 Å². The summed E-state index contributed by atoms with van der Waals surface area (Å²) in [5.74, 6) is 0.903. The Morgan fingerprint density at radius 1 is 1.17 bits per heavy atom. The van der Waals surface area contributed by atoms with Crippen LogP contribution < -0.4 is 15.8 Å². The summed E-state index contributed by atoms with van der Waals surface area (Å²) in [6.45, 7) is 2.75. The summed E-state index contributed by atoms with van der Waals surface area (Å²) in [5, 5.41) is 3.36. The van der Waals surface area contributed by atoms with Gasteiger partial charge in [-0.3, -0.25) is 0 Å². The quantitative estimate of drug-likeness (QED) is 0.809. The molecule has 0 fully saturated rings. The topological polar surface area (TPSA) is 47.3 Å². The fourth-order valence-corrected chi connectivity index (χ4v) is 1.88. The first-order valence-corrected chi connectivity index (χ1v) is 5.92. The van der Waals surface area contributed by atoms with E-state index in [1.165, 1.54) is 0 Å².